The molecule has 2 saturated carbocycles. The maximum absolute atomic E-state index is 12.7. The van der Waals surface area contributed by atoms with Gasteiger partial charge in [-0.15, -0.1) is 11.8 Å². The summed E-state index contributed by atoms with van der Waals surface area (Å²) in [5.41, 5.74) is 0.575. The van der Waals surface area contributed by atoms with Crippen LogP contribution in [0.5, 0.6) is 0 Å². The molecule has 5 unspecified atom stereocenters. The van der Waals surface area contributed by atoms with Crippen molar-refractivity contribution in [1.29, 1.82) is 0 Å². The van der Waals surface area contributed by atoms with E-state index in [1.54, 1.807) is 13.0 Å². The molecule has 1 aromatic rings. The van der Waals surface area contributed by atoms with Crippen molar-refractivity contribution in [1.82, 2.24) is 5.32 Å². The maximum Gasteiger partial charge on any atom is 0.316 e. The van der Waals surface area contributed by atoms with Crippen LogP contribution in [-0.4, -0.2) is 28.3 Å². The average molecular weight is 347 g/mol. The van der Waals surface area contributed by atoms with Crippen molar-refractivity contribution >= 4 is 23.6 Å². The van der Waals surface area contributed by atoms with Gasteiger partial charge in [0.25, 0.3) is 5.91 Å². The molecule has 4 nitrogen and oxygen atoms in total. The fourth-order valence-electron chi connectivity index (χ4n) is 4.30. The van der Waals surface area contributed by atoms with Crippen molar-refractivity contribution < 1.29 is 14.7 Å². The van der Waals surface area contributed by atoms with E-state index in [9.17, 15) is 9.59 Å². The minimum atomic E-state index is -0.870. The topological polar surface area (TPSA) is 66.4 Å². The number of carbonyl (C=O) groups is 2. The number of amides is 1. The summed E-state index contributed by atoms with van der Waals surface area (Å²) in [4.78, 5) is 24.5. The predicted molar refractivity (Wildman–Crippen MR) is 95.3 cm³/mol. The van der Waals surface area contributed by atoms with Gasteiger partial charge in [-0.05, 0) is 63.0 Å². The third kappa shape index (κ3) is 3.61. The van der Waals surface area contributed by atoms with Crippen LogP contribution in [0.15, 0.2) is 29.2 Å². The van der Waals surface area contributed by atoms with Crippen molar-refractivity contribution in [3.8, 4) is 0 Å². The van der Waals surface area contributed by atoms with Crippen LogP contribution in [0.1, 0.15) is 49.9 Å². The molecule has 5 atom stereocenters. The van der Waals surface area contributed by atoms with Gasteiger partial charge in [-0.3, -0.25) is 9.59 Å². The van der Waals surface area contributed by atoms with Crippen LogP contribution in [0.4, 0.5) is 0 Å². The molecule has 0 spiro atoms. The van der Waals surface area contributed by atoms with E-state index in [1.165, 1.54) is 37.4 Å². The van der Waals surface area contributed by atoms with Gasteiger partial charge in [-0.1, -0.05) is 18.6 Å². The second-order valence-electron chi connectivity index (χ2n) is 7.20. The summed E-state index contributed by atoms with van der Waals surface area (Å²) in [6, 6.07) is 7.43. The monoisotopic (exact) mass is 347 g/mol. The summed E-state index contributed by atoms with van der Waals surface area (Å²) in [6.45, 7) is 3.75. The molecule has 0 aromatic heterocycles. The van der Waals surface area contributed by atoms with Crippen molar-refractivity contribution in [3.05, 3.63) is 29.8 Å². The summed E-state index contributed by atoms with van der Waals surface area (Å²) in [7, 11) is 0. The van der Waals surface area contributed by atoms with E-state index in [1.807, 2.05) is 18.2 Å². The van der Waals surface area contributed by atoms with Gasteiger partial charge in [0, 0.05) is 10.9 Å². The number of thioether (sulfide) groups is 1. The molecule has 2 bridgehead atoms. The van der Waals surface area contributed by atoms with E-state index in [0.29, 0.717) is 11.5 Å². The smallest absolute Gasteiger partial charge is 0.316 e. The first kappa shape index (κ1) is 17.3. The number of hydrogen-bond acceptors (Lipinski definition) is 3. The maximum atomic E-state index is 12.7. The zero-order chi connectivity index (χ0) is 17.3. The highest BCUT2D eigenvalue weighted by atomic mass is 32.2. The van der Waals surface area contributed by atoms with E-state index >= 15 is 0 Å². The first-order valence-electron chi connectivity index (χ1n) is 8.75. The van der Waals surface area contributed by atoms with E-state index in [-0.39, 0.29) is 11.9 Å². The summed E-state index contributed by atoms with van der Waals surface area (Å²) in [5, 5.41) is 11.7. The molecule has 1 aromatic carbocycles. The Morgan fingerprint density at radius 3 is 2.58 bits per heavy atom. The lowest BCUT2D eigenvalue weighted by Crippen LogP contribution is -2.40. The van der Waals surface area contributed by atoms with Crippen LogP contribution in [-0.2, 0) is 4.79 Å². The number of carboxylic acid groups (broad SMARTS) is 1. The van der Waals surface area contributed by atoms with Gasteiger partial charge in [0.15, 0.2) is 0 Å². The number of rotatable bonds is 6. The largest absolute Gasteiger partial charge is 0.480 e. The lowest BCUT2D eigenvalue weighted by Gasteiger charge is -2.28. The van der Waals surface area contributed by atoms with Crippen LogP contribution in [0.25, 0.3) is 0 Å². The molecule has 130 valence electrons. The molecular weight excluding hydrogens is 322 g/mol. The fourth-order valence-corrected chi connectivity index (χ4v) is 5.22. The van der Waals surface area contributed by atoms with E-state index in [0.717, 1.165) is 16.7 Å². The molecule has 0 aliphatic heterocycles. The highest BCUT2D eigenvalue weighted by molar-refractivity contribution is 8.00. The molecule has 0 heterocycles. The van der Waals surface area contributed by atoms with Gasteiger partial charge < -0.3 is 10.4 Å². The minimum Gasteiger partial charge on any atom is -0.480 e. The lowest BCUT2D eigenvalue weighted by atomic mass is 9.84. The molecule has 1 amide bonds. The summed E-state index contributed by atoms with van der Waals surface area (Å²) < 4.78 is 0. The molecule has 5 heteroatoms. The molecule has 0 radical (unpaired) electrons. The SMILES string of the molecule is CC(Sc1ccccc1C(=O)NC(C)C1CC2CCC1C2)C(=O)O. The summed E-state index contributed by atoms with van der Waals surface area (Å²) >= 11 is 1.22. The number of hydrogen-bond donors (Lipinski definition) is 2. The number of aliphatic carboxylic acids is 1. The molecular formula is C19H25NO3S. The Hall–Kier alpha value is -1.49. The van der Waals surface area contributed by atoms with Crippen molar-refractivity contribution in [2.45, 2.75) is 55.7 Å². The number of nitrogens with one attached hydrogen (secondary N) is 1. The van der Waals surface area contributed by atoms with Gasteiger partial charge in [0.1, 0.15) is 5.25 Å². The van der Waals surface area contributed by atoms with E-state index in [4.69, 9.17) is 5.11 Å². The van der Waals surface area contributed by atoms with Gasteiger partial charge in [-0.25, -0.2) is 0 Å². The van der Waals surface area contributed by atoms with Gasteiger partial charge >= 0.3 is 5.97 Å². The zero-order valence-electron chi connectivity index (χ0n) is 14.2. The van der Waals surface area contributed by atoms with E-state index < -0.39 is 11.2 Å². The summed E-state index contributed by atoms with van der Waals surface area (Å²) in [5.74, 6) is 1.25. The molecule has 0 saturated heterocycles. The fraction of sp³-hybridized carbons (Fsp3) is 0.579. The Morgan fingerprint density at radius 2 is 1.96 bits per heavy atom. The Kier molecular flexibility index (Phi) is 5.18. The standard InChI is InChI=1S/C19H25NO3S/c1-11(16-10-13-7-8-14(16)9-13)20-18(21)15-5-3-4-6-17(15)24-12(2)19(22)23/h3-6,11-14,16H,7-10H2,1-2H3,(H,20,21)(H,22,23). The van der Waals surface area contributed by atoms with Gasteiger partial charge in [0.2, 0.25) is 0 Å². The Bertz CT molecular complexity index is 633. The minimum absolute atomic E-state index is 0.0917. The molecule has 24 heavy (non-hydrogen) atoms. The third-order valence-electron chi connectivity index (χ3n) is 5.58. The van der Waals surface area contributed by atoms with Gasteiger partial charge in [-0.2, -0.15) is 0 Å². The van der Waals surface area contributed by atoms with Gasteiger partial charge in [0.05, 0.1) is 5.56 Å². The van der Waals surface area contributed by atoms with E-state index in [2.05, 4.69) is 12.2 Å². The number of carboxylic acids is 1. The molecule has 3 rings (SSSR count). The summed E-state index contributed by atoms with van der Waals surface area (Å²) in [6.07, 6.45) is 5.22. The Morgan fingerprint density at radius 1 is 1.21 bits per heavy atom. The second-order valence-corrected chi connectivity index (χ2v) is 8.58. The molecule has 2 aliphatic carbocycles. The van der Waals surface area contributed by atoms with Crippen LogP contribution in [0, 0.1) is 17.8 Å². The predicted octanol–water partition coefficient (Wildman–Crippen LogP) is 3.81. The highest BCUT2D eigenvalue weighted by Gasteiger charge is 2.42. The normalized spacial score (nSPS) is 27.7. The second kappa shape index (κ2) is 7.18. The van der Waals surface area contributed by atoms with Crippen LogP contribution >= 0.6 is 11.8 Å². The third-order valence-corrected chi connectivity index (χ3v) is 6.74. The first-order chi connectivity index (χ1) is 11.5. The van der Waals surface area contributed by atoms with Crippen LogP contribution < -0.4 is 5.32 Å². The quantitative estimate of drug-likeness (QED) is 0.768. The highest BCUT2D eigenvalue weighted by Crippen LogP contribution is 2.49. The zero-order valence-corrected chi connectivity index (χ0v) is 15.0. The Balaban J connectivity index is 1.67. The molecule has 2 N–H and O–H groups in total. The number of fused-ring (bicyclic) bond motifs is 2. The van der Waals surface area contributed by atoms with Crippen LogP contribution in [0.3, 0.4) is 0 Å². The van der Waals surface area contributed by atoms with Crippen molar-refractivity contribution in [3.63, 3.8) is 0 Å². The number of carbonyl (C=O) groups excluding carboxylic acids is 1. The molecule has 2 fully saturated rings. The van der Waals surface area contributed by atoms with Crippen molar-refractivity contribution in [2.24, 2.45) is 17.8 Å². The molecule has 2 aliphatic rings. The average Bonchev–Trinajstić information content (AvgIpc) is 3.18. The van der Waals surface area contributed by atoms with Crippen molar-refractivity contribution in [2.75, 3.05) is 0 Å². The lowest BCUT2D eigenvalue weighted by molar-refractivity contribution is -0.136. The Labute approximate surface area is 147 Å². The van der Waals surface area contributed by atoms with Crippen LogP contribution in [0.2, 0.25) is 0 Å². The number of benzene rings is 1. The first-order valence-corrected chi connectivity index (χ1v) is 9.63.